The van der Waals surface area contributed by atoms with Crippen molar-refractivity contribution in [1.82, 2.24) is 9.55 Å². The van der Waals surface area contributed by atoms with E-state index in [1.54, 1.807) is 0 Å². The predicted molar refractivity (Wildman–Crippen MR) is 60.0 cm³/mol. The monoisotopic (exact) mass is 306 g/mol. The Morgan fingerprint density at radius 2 is 2.21 bits per heavy atom. The first-order valence-electron chi connectivity index (χ1n) is 5.00. The Balaban J connectivity index is 1.97. The van der Waals surface area contributed by atoms with Gasteiger partial charge in [0.15, 0.2) is 0 Å². The number of imidazole rings is 1. The van der Waals surface area contributed by atoms with Crippen LogP contribution >= 0.6 is 22.6 Å². The average molecular weight is 306 g/mol. The molecule has 4 rings (SSSR count). The second kappa shape index (κ2) is 2.51. The SMILES string of the molecule is CCc1nc(I)cn1C12CC(F)(C1)C2. The Bertz CT molecular complexity index is 379. The Kier molecular flexibility index (Phi) is 1.64. The number of alkyl halides is 1. The molecule has 2 bridgehead atoms. The summed E-state index contributed by atoms with van der Waals surface area (Å²) in [7, 11) is 0. The number of rotatable bonds is 2. The van der Waals surface area contributed by atoms with E-state index >= 15 is 0 Å². The molecule has 1 aromatic heterocycles. The third kappa shape index (κ3) is 0.978. The average Bonchev–Trinajstić information content (AvgIpc) is 2.39. The molecule has 1 aromatic rings. The number of hydrogen-bond donors (Lipinski definition) is 0. The van der Waals surface area contributed by atoms with Gasteiger partial charge in [-0.25, -0.2) is 9.37 Å². The summed E-state index contributed by atoms with van der Waals surface area (Å²) in [5.41, 5.74) is -0.711. The quantitative estimate of drug-likeness (QED) is 0.768. The van der Waals surface area contributed by atoms with Crippen molar-refractivity contribution in [3.8, 4) is 0 Å². The first-order valence-corrected chi connectivity index (χ1v) is 6.08. The number of aryl methyl sites for hydroxylation is 1. The molecule has 2 nitrogen and oxygen atoms in total. The van der Waals surface area contributed by atoms with Gasteiger partial charge in [-0.15, -0.1) is 0 Å². The van der Waals surface area contributed by atoms with Gasteiger partial charge in [-0.2, -0.15) is 0 Å². The minimum absolute atomic E-state index is 0.108. The summed E-state index contributed by atoms with van der Waals surface area (Å²) in [6.45, 7) is 2.10. The lowest BCUT2D eigenvalue weighted by molar-refractivity contribution is -0.199. The highest BCUT2D eigenvalue weighted by molar-refractivity contribution is 14.1. The van der Waals surface area contributed by atoms with Crippen molar-refractivity contribution in [1.29, 1.82) is 0 Å². The van der Waals surface area contributed by atoms with Gasteiger partial charge in [-0.05, 0) is 22.6 Å². The lowest BCUT2D eigenvalue weighted by atomic mass is 9.47. The van der Waals surface area contributed by atoms with Gasteiger partial charge >= 0.3 is 0 Å². The van der Waals surface area contributed by atoms with E-state index < -0.39 is 5.67 Å². The predicted octanol–water partition coefficient (Wildman–Crippen LogP) is 2.65. The summed E-state index contributed by atoms with van der Waals surface area (Å²) in [5, 5.41) is 0. The van der Waals surface area contributed by atoms with Crippen LogP contribution < -0.4 is 0 Å². The molecule has 3 aliphatic carbocycles. The second-order valence-electron chi connectivity index (χ2n) is 4.61. The van der Waals surface area contributed by atoms with Gasteiger partial charge in [0.1, 0.15) is 15.2 Å². The molecule has 3 aliphatic rings. The first kappa shape index (κ1) is 9.12. The minimum atomic E-state index is -0.819. The zero-order chi connectivity index (χ0) is 9.97. The molecule has 0 saturated heterocycles. The van der Waals surface area contributed by atoms with Crippen molar-refractivity contribution in [3.63, 3.8) is 0 Å². The van der Waals surface area contributed by atoms with Crippen molar-refractivity contribution in [3.05, 3.63) is 15.7 Å². The highest BCUT2D eigenvalue weighted by Gasteiger charge is 2.70. The van der Waals surface area contributed by atoms with Crippen LogP contribution in [0.25, 0.3) is 0 Å². The van der Waals surface area contributed by atoms with Gasteiger partial charge in [0.05, 0.1) is 5.54 Å². The fourth-order valence-electron chi connectivity index (χ4n) is 2.92. The largest absolute Gasteiger partial charge is 0.327 e. The van der Waals surface area contributed by atoms with Crippen molar-refractivity contribution in [2.24, 2.45) is 0 Å². The van der Waals surface area contributed by atoms with Crippen LogP contribution in [0.2, 0.25) is 0 Å². The summed E-state index contributed by atoms with van der Waals surface area (Å²) < 4.78 is 16.7. The number of hydrogen-bond acceptors (Lipinski definition) is 1. The molecule has 3 saturated carbocycles. The van der Waals surface area contributed by atoms with E-state index in [0.717, 1.165) is 15.9 Å². The molecule has 0 aromatic carbocycles. The molecule has 0 atom stereocenters. The van der Waals surface area contributed by atoms with Crippen LogP contribution in [0, 0.1) is 3.70 Å². The molecule has 0 radical (unpaired) electrons. The third-order valence-corrected chi connectivity index (χ3v) is 4.03. The van der Waals surface area contributed by atoms with Crippen LogP contribution in [0.3, 0.4) is 0 Å². The number of nitrogens with zero attached hydrogens (tertiary/aromatic N) is 2. The summed E-state index contributed by atoms with van der Waals surface area (Å²) >= 11 is 2.23. The van der Waals surface area contributed by atoms with Gasteiger partial charge in [-0.1, -0.05) is 6.92 Å². The fraction of sp³-hybridized carbons (Fsp3) is 0.700. The highest BCUT2D eigenvalue weighted by atomic mass is 127. The highest BCUT2D eigenvalue weighted by Crippen LogP contribution is 2.67. The van der Waals surface area contributed by atoms with Crippen LogP contribution in [0.15, 0.2) is 6.20 Å². The lowest BCUT2D eigenvalue weighted by Crippen LogP contribution is -2.70. The standard InChI is InChI=1S/C10H12FIN2/c1-2-8-13-7(12)3-14(8)10-4-9(11,5-10)6-10/h3H,2,4-6H2,1H3. The van der Waals surface area contributed by atoms with E-state index in [4.69, 9.17) is 0 Å². The molecule has 0 spiro atoms. The maximum absolute atomic E-state index is 13.4. The molecule has 1 heterocycles. The van der Waals surface area contributed by atoms with E-state index in [9.17, 15) is 4.39 Å². The van der Waals surface area contributed by atoms with Gasteiger partial charge in [0, 0.05) is 31.9 Å². The Hall–Kier alpha value is -0.130. The third-order valence-electron chi connectivity index (χ3n) is 3.51. The van der Waals surface area contributed by atoms with Gasteiger partial charge in [0.25, 0.3) is 0 Å². The maximum atomic E-state index is 13.4. The minimum Gasteiger partial charge on any atom is -0.327 e. The van der Waals surface area contributed by atoms with Crippen LogP contribution in [0.5, 0.6) is 0 Å². The Morgan fingerprint density at radius 3 is 2.71 bits per heavy atom. The summed E-state index contributed by atoms with van der Waals surface area (Å²) in [6.07, 6.45) is 5.13. The smallest absolute Gasteiger partial charge is 0.119 e. The molecule has 76 valence electrons. The van der Waals surface area contributed by atoms with Crippen molar-refractivity contribution in [2.75, 3.05) is 0 Å². The molecule has 4 heteroatoms. The van der Waals surface area contributed by atoms with Crippen LogP contribution in [-0.4, -0.2) is 15.2 Å². The van der Waals surface area contributed by atoms with E-state index in [-0.39, 0.29) is 5.54 Å². The van der Waals surface area contributed by atoms with E-state index in [1.807, 2.05) is 0 Å². The summed E-state index contributed by atoms with van der Waals surface area (Å²) in [4.78, 5) is 4.45. The van der Waals surface area contributed by atoms with Crippen molar-refractivity contribution >= 4 is 22.6 Å². The fourth-order valence-corrected chi connectivity index (χ4v) is 3.47. The molecule has 3 fully saturated rings. The van der Waals surface area contributed by atoms with E-state index in [1.165, 1.54) is 0 Å². The van der Waals surface area contributed by atoms with E-state index in [0.29, 0.717) is 19.3 Å². The normalized spacial score (nSPS) is 39.1. The molecule has 14 heavy (non-hydrogen) atoms. The van der Waals surface area contributed by atoms with Crippen LogP contribution in [0.1, 0.15) is 32.0 Å². The molecular formula is C10H12FIN2. The summed E-state index contributed by atoms with van der Waals surface area (Å²) in [6, 6.07) is 0. The van der Waals surface area contributed by atoms with Crippen LogP contribution in [-0.2, 0) is 12.0 Å². The first-order chi connectivity index (χ1) is 6.57. The Morgan fingerprint density at radius 1 is 1.57 bits per heavy atom. The van der Waals surface area contributed by atoms with Gasteiger partial charge in [-0.3, -0.25) is 0 Å². The van der Waals surface area contributed by atoms with Gasteiger partial charge in [0.2, 0.25) is 0 Å². The van der Waals surface area contributed by atoms with E-state index in [2.05, 4.69) is 45.3 Å². The molecule has 0 unspecified atom stereocenters. The van der Waals surface area contributed by atoms with Crippen molar-refractivity contribution < 1.29 is 4.39 Å². The Labute approximate surface area is 96.0 Å². The number of halogens is 2. The summed E-state index contributed by atoms with van der Waals surface area (Å²) in [5.74, 6) is 1.11. The lowest BCUT2D eigenvalue weighted by Gasteiger charge is -2.66. The molecule has 0 N–H and O–H groups in total. The second-order valence-corrected chi connectivity index (χ2v) is 5.71. The van der Waals surface area contributed by atoms with Crippen molar-refractivity contribution in [2.45, 2.75) is 43.8 Å². The number of aromatic nitrogens is 2. The molecular weight excluding hydrogens is 294 g/mol. The zero-order valence-electron chi connectivity index (χ0n) is 8.06. The maximum Gasteiger partial charge on any atom is 0.119 e. The molecule has 0 amide bonds. The van der Waals surface area contributed by atoms with Crippen LogP contribution in [0.4, 0.5) is 4.39 Å². The van der Waals surface area contributed by atoms with Gasteiger partial charge < -0.3 is 4.57 Å². The molecule has 0 aliphatic heterocycles. The zero-order valence-corrected chi connectivity index (χ0v) is 10.2. The topological polar surface area (TPSA) is 17.8 Å².